The van der Waals surface area contributed by atoms with Crippen molar-refractivity contribution in [2.24, 2.45) is 5.84 Å². The van der Waals surface area contributed by atoms with Crippen molar-refractivity contribution in [3.8, 4) is 0 Å². The quantitative estimate of drug-likeness (QED) is 0.229. The maximum absolute atomic E-state index is 11.0. The molecule has 0 atom stereocenters. The Bertz CT molecular complexity index is 732. The summed E-state index contributed by atoms with van der Waals surface area (Å²) in [5.74, 6) is 4.92. The van der Waals surface area contributed by atoms with Crippen LogP contribution in [0.1, 0.15) is 34.4 Å². The molecule has 2 heterocycles. The fourth-order valence-electron chi connectivity index (χ4n) is 2.34. The van der Waals surface area contributed by atoms with Gasteiger partial charge in [-0.15, -0.1) is 35.1 Å². The Hall–Kier alpha value is -1.68. The van der Waals surface area contributed by atoms with Gasteiger partial charge in [0.2, 0.25) is 5.91 Å². The zero-order chi connectivity index (χ0) is 18.2. The molecule has 5 N–H and O–H groups in total. The molecule has 2 rings (SSSR count). The minimum Gasteiger partial charge on any atom is -0.337 e. The Balaban J connectivity index is 0.00000338. The first-order chi connectivity index (χ1) is 12.0. The van der Waals surface area contributed by atoms with Crippen LogP contribution in [0.4, 0.5) is 9.93 Å². The SMILES string of the molecule is CC(=O)Nc1nc(CCc2cc(C)c(CCCNC(=O)NN)s2)cs1.Cl. The maximum Gasteiger partial charge on any atom is 0.328 e. The highest BCUT2D eigenvalue weighted by Gasteiger charge is 2.08. The molecule has 2 aromatic rings. The molecule has 2 aromatic heterocycles. The summed E-state index contributed by atoms with van der Waals surface area (Å²) in [6, 6.07) is 1.87. The molecule has 0 bridgehead atoms. The van der Waals surface area contributed by atoms with Gasteiger partial charge in [0.25, 0.3) is 0 Å². The van der Waals surface area contributed by atoms with Crippen molar-refractivity contribution < 1.29 is 9.59 Å². The van der Waals surface area contributed by atoms with Gasteiger partial charge in [0, 0.05) is 28.6 Å². The lowest BCUT2D eigenvalue weighted by atomic mass is 10.1. The fraction of sp³-hybridized carbons (Fsp3) is 0.438. The van der Waals surface area contributed by atoms with E-state index in [4.69, 9.17) is 5.84 Å². The number of thiophene rings is 1. The standard InChI is InChI=1S/C16H23N5O2S2.ClH/c1-10-8-13(25-14(10)4-3-7-18-15(23)21-17)6-5-12-9-24-16(20-12)19-11(2)22;/h8-9H,3-7,17H2,1-2H3,(H2,18,21,23)(H,19,20,22);1H. The molecule has 0 radical (unpaired) electrons. The second-order valence-corrected chi connectivity index (χ2v) is 7.73. The average Bonchev–Trinajstić information content (AvgIpc) is 3.15. The number of urea groups is 1. The average molecular weight is 418 g/mol. The van der Waals surface area contributed by atoms with Crippen molar-refractivity contribution in [2.75, 3.05) is 11.9 Å². The molecular formula is C16H24ClN5O2S2. The second-order valence-electron chi connectivity index (χ2n) is 5.65. The van der Waals surface area contributed by atoms with Gasteiger partial charge in [0.15, 0.2) is 5.13 Å². The van der Waals surface area contributed by atoms with Gasteiger partial charge in [0.05, 0.1) is 5.69 Å². The molecule has 0 fully saturated rings. The number of rotatable bonds is 8. The van der Waals surface area contributed by atoms with E-state index in [0.29, 0.717) is 11.7 Å². The van der Waals surface area contributed by atoms with Gasteiger partial charge < -0.3 is 10.6 Å². The molecule has 26 heavy (non-hydrogen) atoms. The van der Waals surface area contributed by atoms with Crippen LogP contribution in [0.5, 0.6) is 0 Å². The van der Waals surface area contributed by atoms with Gasteiger partial charge in [0.1, 0.15) is 0 Å². The van der Waals surface area contributed by atoms with Gasteiger partial charge >= 0.3 is 6.03 Å². The highest BCUT2D eigenvalue weighted by Crippen LogP contribution is 2.25. The molecule has 144 valence electrons. The summed E-state index contributed by atoms with van der Waals surface area (Å²) in [5, 5.41) is 8.03. The summed E-state index contributed by atoms with van der Waals surface area (Å²) in [5.41, 5.74) is 4.34. The molecule has 10 heteroatoms. The van der Waals surface area contributed by atoms with E-state index in [2.05, 4.69) is 28.6 Å². The smallest absolute Gasteiger partial charge is 0.328 e. The van der Waals surface area contributed by atoms with E-state index in [1.54, 1.807) is 0 Å². The highest BCUT2D eigenvalue weighted by atomic mass is 35.5. The molecule has 0 aliphatic heterocycles. The molecule has 3 amide bonds. The van der Waals surface area contributed by atoms with Crippen LogP contribution in [0.25, 0.3) is 0 Å². The van der Waals surface area contributed by atoms with Crippen LogP contribution in [-0.2, 0) is 24.1 Å². The Morgan fingerprint density at radius 3 is 2.73 bits per heavy atom. The number of carbonyl (C=O) groups excluding carboxylic acids is 2. The lowest BCUT2D eigenvalue weighted by molar-refractivity contribution is -0.114. The van der Waals surface area contributed by atoms with E-state index in [1.807, 2.05) is 22.1 Å². The van der Waals surface area contributed by atoms with Crippen LogP contribution in [0.15, 0.2) is 11.4 Å². The van der Waals surface area contributed by atoms with Crippen molar-refractivity contribution in [1.29, 1.82) is 0 Å². The summed E-state index contributed by atoms with van der Waals surface area (Å²) in [6.07, 6.45) is 3.60. The molecular weight excluding hydrogens is 394 g/mol. The number of hydrazine groups is 1. The zero-order valence-electron chi connectivity index (χ0n) is 14.8. The van der Waals surface area contributed by atoms with Gasteiger partial charge in [-0.3, -0.25) is 10.2 Å². The normalized spacial score (nSPS) is 10.1. The maximum atomic E-state index is 11.0. The van der Waals surface area contributed by atoms with Crippen LogP contribution in [0.2, 0.25) is 0 Å². The number of hydrogen-bond acceptors (Lipinski definition) is 6. The topological polar surface area (TPSA) is 109 Å². The van der Waals surface area contributed by atoms with Crippen molar-refractivity contribution in [3.63, 3.8) is 0 Å². The van der Waals surface area contributed by atoms with E-state index < -0.39 is 0 Å². The van der Waals surface area contributed by atoms with E-state index in [0.717, 1.165) is 31.4 Å². The fourth-order valence-corrected chi connectivity index (χ4v) is 4.36. The zero-order valence-corrected chi connectivity index (χ0v) is 17.2. The number of thiazole rings is 1. The Labute approximate surface area is 167 Å². The van der Waals surface area contributed by atoms with Crippen molar-refractivity contribution in [3.05, 3.63) is 32.5 Å². The summed E-state index contributed by atoms with van der Waals surface area (Å²) in [7, 11) is 0. The van der Waals surface area contributed by atoms with Crippen molar-refractivity contribution >= 4 is 52.2 Å². The molecule has 0 unspecified atom stereocenters. The number of aromatic nitrogens is 1. The number of nitrogens with one attached hydrogen (secondary N) is 3. The number of carbonyl (C=O) groups is 2. The Morgan fingerprint density at radius 1 is 1.27 bits per heavy atom. The number of amides is 3. The molecule has 7 nitrogen and oxygen atoms in total. The van der Waals surface area contributed by atoms with Crippen LogP contribution < -0.4 is 21.9 Å². The summed E-state index contributed by atoms with van der Waals surface area (Å²) in [4.78, 5) is 29.1. The molecule has 0 saturated heterocycles. The first-order valence-electron chi connectivity index (χ1n) is 8.02. The van der Waals surface area contributed by atoms with E-state index >= 15 is 0 Å². The third kappa shape index (κ3) is 7.28. The van der Waals surface area contributed by atoms with Crippen LogP contribution in [0, 0.1) is 6.92 Å². The largest absolute Gasteiger partial charge is 0.337 e. The number of nitrogens with two attached hydrogens (primary N) is 1. The minimum atomic E-state index is -0.356. The number of halogens is 1. The molecule has 0 aliphatic rings. The predicted octanol–water partition coefficient (Wildman–Crippen LogP) is 2.78. The Morgan fingerprint density at radius 2 is 2.04 bits per heavy atom. The van der Waals surface area contributed by atoms with E-state index in [1.165, 1.54) is 33.6 Å². The Kier molecular flexibility index (Phi) is 9.57. The third-order valence-corrected chi connectivity index (χ3v) is 5.69. The third-order valence-electron chi connectivity index (χ3n) is 3.53. The predicted molar refractivity (Wildman–Crippen MR) is 109 cm³/mol. The van der Waals surface area contributed by atoms with Gasteiger partial charge in [-0.05, 0) is 44.2 Å². The molecule has 0 saturated carbocycles. The lowest BCUT2D eigenvalue weighted by Gasteiger charge is -2.03. The molecule has 0 aliphatic carbocycles. The summed E-state index contributed by atoms with van der Waals surface area (Å²) >= 11 is 3.26. The highest BCUT2D eigenvalue weighted by molar-refractivity contribution is 7.14. The number of anilines is 1. The molecule has 0 spiro atoms. The minimum absolute atomic E-state index is 0. The van der Waals surface area contributed by atoms with Gasteiger partial charge in [-0.25, -0.2) is 15.6 Å². The number of nitrogens with zero attached hydrogens (tertiary/aromatic N) is 1. The number of aryl methyl sites for hydroxylation is 4. The van der Waals surface area contributed by atoms with Crippen LogP contribution in [0.3, 0.4) is 0 Å². The van der Waals surface area contributed by atoms with Gasteiger partial charge in [-0.1, -0.05) is 0 Å². The van der Waals surface area contributed by atoms with Crippen molar-refractivity contribution in [2.45, 2.75) is 39.5 Å². The summed E-state index contributed by atoms with van der Waals surface area (Å²) < 4.78 is 0. The monoisotopic (exact) mass is 417 g/mol. The van der Waals surface area contributed by atoms with Crippen LogP contribution in [-0.4, -0.2) is 23.5 Å². The summed E-state index contributed by atoms with van der Waals surface area (Å²) in [6.45, 7) is 4.20. The van der Waals surface area contributed by atoms with Crippen molar-refractivity contribution in [1.82, 2.24) is 15.7 Å². The second kappa shape index (κ2) is 11.1. The first kappa shape index (κ1) is 22.4. The lowest BCUT2D eigenvalue weighted by Crippen LogP contribution is -2.40. The van der Waals surface area contributed by atoms with E-state index in [9.17, 15) is 9.59 Å². The van der Waals surface area contributed by atoms with E-state index in [-0.39, 0.29) is 24.3 Å². The molecule has 0 aromatic carbocycles. The van der Waals surface area contributed by atoms with Crippen LogP contribution >= 0.6 is 35.1 Å². The number of hydrogen-bond donors (Lipinski definition) is 4. The first-order valence-corrected chi connectivity index (χ1v) is 9.72. The van der Waals surface area contributed by atoms with Gasteiger partial charge in [-0.2, -0.15) is 0 Å².